The minimum atomic E-state index is -0.792. The van der Waals surface area contributed by atoms with Gasteiger partial charge in [0.05, 0.1) is 0 Å². The van der Waals surface area contributed by atoms with Gasteiger partial charge in [0.1, 0.15) is 17.7 Å². The van der Waals surface area contributed by atoms with Crippen molar-refractivity contribution in [3.05, 3.63) is 35.9 Å². The standard InChI is InChI=1S/C31H53N3O4/c1-8-10-12-13-14-18-22-34(27(25-19-16-15-17-20-25)28(35)32-21-11-9-2)29(36)26(23-24(3)4)33-30(37)38-31(5,6)7/h15-17,19-20,24,26-27H,8-14,18,21-23H2,1-7H3,(H,32,35)(H,33,37). The van der Waals surface area contributed by atoms with Gasteiger partial charge in [-0.05, 0) is 51.5 Å². The Hall–Kier alpha value is -2.57. The minimum Gasteiger partial charge on any atom is -0.444 e. The van der Waals surface area contributed by atoms with E-state index >= 15 is 0 Å². The molecule has 0 bridgehead atoms. The fraction of sp³-hybridized carbons (Fsp3) is 0.710. The van der Waals surface area contributed by atoms with E-state index in [4.69, 9.17) is 4.74 Å². The quantitative estimate of drug-likeness (QED) is 0.217. The van der Waals surface area contributed by atoms with Crippen molar-refractivity contribution >= 4 is 17.9 Å². The molecule has 7 heteroatoms. The number of rotatable bonds is 17. The van der Waals surface area contributed by atoms with Crippen LogP contribution in [0.2, 0.25) is 0 Å². The predicted octanol–water partition coefficient (Wildman–Crippen LogP) is 6.77. The maximum Gasteiger partial charge on any atom is 0.408 e. The van der Waals surface area contributed by atoms with E-state index in [-0.39, 0.29) is 17.7 Å². The Labute approximate surface area is 231 Å². The number of alkyl carbamates (subject to hydrolysis) is 1. The lowest BCUT2D eigenvalue weighted by Crippen LogP contribution is -2.53. The highest BCUT2D eigenvalue weighted by atomic mass is 16.6. The molecule has 2 N–H and O–H groups in total. The molecular formula is C31H53N3O4. The van der Waals surface area contributed by atoms with Crippen molar-refractivity contribution in [2.45, 2.75) is 124 Å². The van der Waals surface area contributed by atoms with Crippen LogP contribution in [0.3, 0.4) is 0 Å². The zero-order valence-corrected chi connectivity index (χ0v) is 25.0. The minimum absolute atomic E-state index is 0.156. The third-order valence-corrected chi connectivity index (χ3v) is 6.24. The van der Waals surface area contributed by atoms with E-state index in [0.717, 1.165) is 37.7 Å². The van der Waals surface area contributed by atoms with Crippen LogP contribution in [0.25, 0.3) is 0 Å². The summed E-state index contributed by atoms with van der Waals surface area (Å²) in [6.45, 7) is 14.7. The lowest BCUT2D eigenvalue weighted by atomic mass is 9.98. The van der Waals surface area contributed by atoms with Crippen LogP contribution in [-0.2, 0) is 14.3 Å². The number of carbonyl (C=O) groups excluding carboxylic acids is 3. The van der Waals surface area contributed by atoms with Crippen LogP contribution in [0.1, 0.15) is 118 Å². The predicted molar refractivity (Wildman–Crippen MR) is 155 cm³/mol. The molecular weight excluding hydrogens is 478 g/mol. The first-order valence-electron chi connectivity index (χ1n) is 14.6. The molecule has 0 saturated carbocycles. The number of carbonyl (C=O) groups is 3. The van der Waals surface area contributed by atoms with Crippen molar-refractivity contribution in [2.24, 2.45) is 5.92 Å². The van der Waals surface area contributed by atoms with Gasteiger partial charge in [0, 0.05) is 13.1 Å². The average molecular weight is 532 g/mol. The third-order valence-electron chi connectivity index (χ3n) is 6.24. The Kier molecular flexibility index (Phi) is 15.7. The molecule has 0 radical (unpaired) electrons. The molecule has 2 atom stereocenters. The monoisotopic (exact) mass is 531 g/mol. The van der Waals surface area contributed by atoms with Crippen LogP contribution in [-0.4, -0.2) is 47.5 Å². The van der Waals surface area contributed by atoms with Gasteiger partial charge in [-0.1, -0.05) is 96.6 Å². The van der Waals surface area contributed by atoms with E-state index < -0.39 is 23.8 Å². The molecule has 0 aliphatic rings. The van der Waals surface area contributed by atoms with Crippen molar-refractivity contribution in [1.82, 2.24) is 15.5 Å². The molecule has 38 heavy (non-hydrogen) atoms. The van der Waals surface area contributed by atoms with Gasteiger partial charge < -0.3 is 20.3 Å². The SMILES string of the molecule is CCCCCCCCN(C(=O)C(CC(C)C)NC(=O)OC(C)(C)C)C(C(=O)NCCCC)c1ccccc1. The molecule has 0 saturated heterocycles. The molecule has 0 aromatic heterocycles. The first-order valence-corrected chi connectivity index (χ1v) is 14.6. The highest BCUT2D eigenvalue weighted by Gasteiger charge is 2.36. The largest absolute Gasteiger partial charge is 0.444 e. The summed E-state index contributed by atoms with van der Waals surface area (Å²) in [6, 6.07) is 7.90. The number of hydrogen-bond donors (Lipinski definition) is 2. The van der Waals surface area contributed by atoms with Gasteiger partial charge in [-0.3, -0.25) is 9.59 Å². The fourth-order valence-electron chi connectivity index (χ4n) is 4.37. The van der Waals surface area contributed by atoms with Gasteiger partial charge >= 0.3 is 6.09 Å². The number of benzene rings is 1. The first kappa shape index (κ1) is 33.5. The van der Waals surface area contributed by atoms with E-state index in [1.54, 1.807) is 25.7 Å². The lowest BCUT2D eigenvalue weighted by molar-refractivity contribution is -0.143. The van der Waals surface area contributed by atoms with Gasteiger partial charge in [-0.2, -0.15) is 0 Å². The van der Waals surface area contributed by atoms with Gasteiger partial charge in [0.2, 0.25) is 11.8 Å². The van der Waals surface area contributed by atoms with Gasteiger partial charge in [0.15, 0.2) is 0 Å². The molecule has 0 fully saturated rings. The molecule has 0 aliphatic carbocycles. The second-order valence-corrected chi connectivity index (χ2v) is 11.6. The van der Waals surface area contributed by atoms with Crippen LogP contribution in [0.4, 0.5) is 4.79 Å². The van der Waals surface area contributed by atoms with Crippen molar-refractivity contribution in [3.63, 3.8) is 0 Å². The highest BCUT2D eigenvalue weighted by molar-refractivity contribution is 5.92. The van der Waals surface area contributed by atoms with Gasteiger partial charge in [-0.15, -0.1) is 0 Å². The summed E-state index contributed by atoms with van der Waals surface area (Å²) >= 11 is 0. The third kappa shape index (κ3) is 13.3. The van der Waals surface area contributed by atoms with E-state index in [0.29, 0.717) is 19.5 Å². The Bertz CT molecular complexity index is 820. The number of nitrogens with one attached hydrogen (secondary N) is 2. The Balaban J connectivity index is 3.33. The molecule has 3 amide bonds. The maximum absolute atomic E-state index is 14.2. The number of hydrogen-bond acceptors (Lipinski definition) is 4. The number of ether oxygens (including phenoxy) is 1. The first-order chi connectivity index (χ1) is 18.0. The van der Waals surface area contributed by atoms with Crippen molar-refractivity contribution in [2.75, 3.05) is 13.1 Å². The van der Waals surface area contributed by atoms with E-state index in [2.05, 4.69) is 24.5 Å². The van der Waals surface area contributed by atoms with Crippen LogP contribution < -0.4 is 10.6 Å². The summed E-state index contributed by atoms with van der Waals surface area (Å²) in [7, 11) is 0. The average Bonchev–Trinajstić information content (AvgIpc) is 2.83. The molecule has 1 aromatic carbocycles. The molecule has 0 aliphatic heterocycles. The van der Waals surface area contributed by atoms with Crippen LogP contribution >= 0.6 is 0 Å². The van der Waals surface area contributed by atoms with Crippen molar-refractivity contribution < 1.29 is 19.1 Å². The molecule has 1 aromatic rings. The smallest absolute Gasteiger partial charge is 0.408 e. The molecule has 2 unspecified atom stereocenters. The number of nitrogens with zero attached hydrogens (tertiary/aromatic N) is 1. The zero-order chi connectivity index (χ0) is 28.6. The summed E-state index contributed by atoms with van der Waals surface area (Å²) in [6.07, 6.45) is 8.07. The van der Waals surface area contributed by atoms with Crippen molar-refractivity contribution in [1.29, 1.82) is 0 Å². The van der Waals surface area contributed by atoms with Gasteiger partial charge in [0.25, 0.3) is 0 Å². The Morgan fingerprint density at radius 3 is 2.08 bits per heavy atom. The number of unbranched alkanes of at least 4 members (excludes halogenated alkanes) is 6. The topological polar surface area (TPSA) is 87.7 Å². The lowest BCUT2D eigenvalue weighted by Gasteiger charge is -2.35. The van der Waals surface area contributed by atoms with Gasteiger partial charge in [-0.25, -0.2) is 4.79 Å². The normalized spacial score (nSPS) is 13.1. The van der Waals surface area contributed by atoms with Crippen LogP contribution in [0.5, 0.6) is 0 Å². The summed E-state index contributed by atoms with van der Waals surface area (Å²) in [5.41, 5.74) is 0.0841. The second-order valence-electron chi connectivity index (χ2n) is 11.6. The van der Waals surface area contributed by atoms with Crippen LogP contribution in [0, 0.1) is 5.92 Å². The summed E-state index contributed by atoms with van der Waals surface area (Å²) < 4.78 is 5.47. The summed E-state index contributed by atoms with van der Waals surface area (Å²) in [5.74, 6) is -0.287. The molecule has 7 nitrogen and oxygen atoms in total. The van der Waals surface area contributed by atoms with Crippen LogP contribution in [0.15, 0.2) is 30.3 Å². The van der Waals surface area contributed by atoms with Crippen molar-refractivity contribution in [3.8, 4) is 0 Å². The van der Waals surface area contributed by atoms with E-state index in [1.165, 1.54) is 19.3 Å². The van der Waals surface area contributed by atoms with E-state index in [9.17, 15) is 14.4 Å². The molecule has 0 heterocycles. The molecule has 216 valence electrons. The summed E-state index contributed by atoms with van der Waals surface area (Å²) in [5, 5.41) is 5.86. The molecule has 0 spiro atoms. The summed E-state index contributed by atoms with van der Waals surface area (Å²) in [4.78, 5) is 42.1. The number of amides is 3. The second kappa shape index (κ2) is 17.8. The van der Waals surface area contributed by atoms with E-state index in [1.807, 2.05) is 44.2 Å². The maximum atomic E-state index is 14.2. The highest BCUT2D eigenvalue weighted by Crippen LogP contribution is 2.25. The Morgan fingerprint density at radius 1 is 0.895 bits per heavy atom. The molecule has 1 rings (SSSR count). The zero-order valence-electron chi connectivity index (χ0n) is 25.0. The fourth-order valence-corrected chi connectivity index (χ4v) is 4.37. The Morgan fingerprint density at radius 2 is 1.50 bits per heavy atom.